The highest BCUT2D eigenvalue weighted by molar-refractivity contribution is 6.90. The highest BCUT2D eigenvalue weighted by Gasteiger charge is 2.32. The van der Waals surface area contributed by atoms with Gasteiger partial charge >= 0.3 is 5.97 Å². The van der Waals surface area contributed by atoms with E-state index in [0.29, 0.717) is 6.42 Å². The minimum Gasteiger partial charge on any atom is -0.481 e. The van der Waals surface area contributed by atoms with Crippen molar-refractivity contribution in [2.75, 3.05) is 0 Å². The molecule has 0 heterocycles. The van der Waals surface area contributed by atoms with Crippen LogP contribution in [0.25, 0.3) is 0 Å². The van der Waals surface area contributed by atoms with E-state index in [9.17, 15) is 33.6 Å². The number of aldehydes is 1. The summed E-state index contributed by atoms with van der Waals surface area (Å²) in [6.45, 7) is 0. The van der Waals surface area contributed by atoms with Gasteiger partial charge < -0.3 is 5.11 Å². The van der Waals surface area contributed by atoms with Crippen molar-refractivity contribution in [2.24, 2.45) is 0 Å². The zero-order valence-electron chi connectivity index (χ0n) is 16.8. The molecule has 0 fully saturated rings. The summed E-state index contributed by atoms with van der Waals surface area (Å²) < 4.78 is 0. The Morgan fingerprint density at radius 2 is 0.897 bits per heavy atom. The van der Waals surface area contributed by atoms with Crippen molar-refractivity contribution in [3.8, 4) is 0 Å². The number of carbonyl (C=O) groups is 7. The van der Waals surface area contributed by atoms with E-state index >= 15 is 0 Å². The maximum Gasteiger partial charge on any atom is 0.303 e. The van der Waals surface area contributed by atoms with Crippen LogP contribution in [0.2, 0.25) is 0 Å². The first kappa shape index (κ1) is 26.5. The number of carboxylic acid groups (broad SMARTS) is 1. The van der Waals surface area contributed by atoms with Crippen LogP contribution in [0.3, 0.4) is 0 Å². The summed E-state index contributed by atoms with van der Waals surface area (Å²) in [6, 6.07) is 0. The van der Waals surface area contributed by atoms with Crippen molar-refractivity contribution in [3.63, 3.8) is 0 Å². The lowest BCUT2D eigenvalue weighted by Gasteiger charge is -2.03. The Kier molecular flexibility index (Phi) is 15.0. The van der Waals surface area contributed by atoms with Gasteiger partial charge in [-0.25, -0.2) is 0 Å². The third-order valence-corrected chi connectivity index (χ3v) is 4.54. The lowest BCUT2D eigenvalue weighted by molar-refractivity contribution is -0.151. The fourth-order valence-electron chi connectivity index (χ4n) is 2.84. The Balaban J connectivity index is 3.59. The van der Waals surface area contributed by atoms with E-state index in [4.69, 9.17) is 5.11 Å². The van der Waals surface area contributed by atoms with E-state index in [1.807, 2.05) is 0 Å². The highest BCUT2D eigenvalue weighted by atomic mass is 16.4. The van der Waals surface area contributed by atoms with Crippen LogP contribution in [0.4, 0.5) is 0 Å². The predicted molar refractivity (Wildman–Crippen MR) is 103 cm³/mol. The molecule has 0 amide bonds. The van der Waals surface area contributed by atoms with Gasteiger partial charge in [-0.05, 0) is 12.8 Å². The van der Waals surface area contributed by atoms with Gasteiger partial charge in [0.2, 0.25) is 5.78 Å². The van der Waals surface area contributed by atoms with Crippen LogP contribution in [0.1, 0.15) is 89.9 Å². The zero-order valence-corrected chi connectivity index (χ0v) is 16.8. The van der Waals surface area contributed by atoms with Crippen molar-refractivity contribution in [3.05, 3.63) is 0 Å². The van der Waals surface area contributed by atoms with Crippen LogP contribution in [-0.4, -0.2) is 46.3 Å². The first-order valence-corrected chi connectivity index (χ1v) is 10.2. The fraction of sp³-hybridized carbons (Fsp3) is 0.667. The number of carboxylic acids is 1. The summed E-state index contributed by atoms with van der Waals surface area (Å²) in [6.07, 6.45) is 11.1. The number of hydrogen-bond acceptors (Lipinski definition) is 7. The lowest BCUT2D eigenvalue weighted by atomic mass is 10.0. The Morgan fingerprint density at radius 3 is 1.28 bits per heavy atom. The van der Waals surface area contributed by atoms with Gasteiger partial charge in [-0.15, -0.1) is 0 Å². The summed E-state index contributed by atoms with van der Waals surface area (Å²) in [5.41, 5.74) is 0. The molecule has 0 aromatic carbocycles. The van der Waals surface area contributed by atoms with E-state index in [0.717, 1.165) is 70.6 Å². The van der Waals surface area contributed by atoms with Gasteiger partial charge in [-0.2, -0.15) is 0 Å². The Hall–Kier alpha value is -2.51. The molecule has 0 atom stereocenters. The summed E-state index contributed by atoms with van der Waals surface area (Å²) in [5.74, 6) is -8.42. The molecule has 8 nitrogen and oxygen atoms in total. The Bertz CT molecular complexity index is 606. The van der Waals surface area contributed by atoms with Crippen molar-refractivity contribution >= 4 is 41.2 Å². The summed E-state index contributed by atoms with van der Waals surface area (Å²) >= 11 is 0. The molecular formula is C21H30O8. The number of hydrogen-bond donors (Lipinski definition) is 1. The number of Topliss-reactive ketones (excluding diaryl/α,β-unsaturated/α-hetero) is 5. The second-order valence-corrected chi connectivity index (χ2v) is 7.03. The third kappa shape index (κ3) is 13.3. The van der Waals surface area contributed by atoms with Crippen LogP contribution < -0.4 is 0 Å². The van der Waals surface area contributed by atoms with Crippen molar-refractivity contribution < 1.29 is 38.7 Å². The standard InChI is InChI=1S/C21H30O8/c22-15-17(24)20(28)21(29)19(27)16(23)13-11-9-7-5-3-1-2-4-6-8-10-12-14-18(25)26/h15H,1-14H2,(H,25,26). The molecule has 0 saturated heterocycles. The van der Waals surface area contributed by atoms with Gasteiger partial charge in [0.25, 0.3) is 23.1 Å². The van der Waals surface area contributed by atoms with E-state index < -0.39 is 34.9 Å². The SMILES string of the molecule is O=CC(=O)C(=O)C(=O)C(=O)C(=O)CCCCCCCCCCCCCCC(=O)O. The maximum atomic E-state index is 11.6. The lowest BCUT2D eigenvalue weighted by Crippen LogP contribution is -2.35. The topological polar surface area (TPSA) is 140 Å². The molecule has 0 unspecified atom stereocenters. The number of ketones is 5. The quantitative estimate of drug-likeness (QED) is 0.140. The second kappa shape index (κ2) is 16.4. The van der Waals surface area contributed by atoms with Crippen LogP contribution in [0, 0.1) is 0 Å². The van der Waals surface area contributed by atoms with E-state index in [-0.39, 0.29) is 19.1 Å². The molecule has 0 aromatic rings. The van der Waals surface area contributed by atoms with E-state index in [1.165, 1.54) is 0 Å². The van der Waals surface area contributed by atoms with Crippen LogP contribution >= 0.6 is 0 Å². The molecule has 0 aliphatic carbocycles. The van der Waals surface area contributed by atoms with Gasteiger partial charge in [0.1, 0.15) is 0 Å². The average molecular weight is 410 g/mol. The summed E-state index contributed by atoms with van der Waals surface area (Å²) in [7, 11) is 0. The number of aliphatic carboxylic acids is 1. The van der Waals surface area contributed by atoms with Crippen LogP contribution in [0.5, 0.6) is 0 Å². The minimum absolute atomic E-state index is 0.158. The molecule has 0 rings (SSSR count). The van der Waals surface area contributed by atoms with Crippen molar-refractivity contribution in [1.29, 1.82) is 0 Å². The normalized spacial score (nSPS) is 10.3. The molecule has 0 saturated carbocycles. The van der Waals surface area contributed by atoms with Gasteiger partial charge in [0.05, 0.1) is 0 Å². The largest absolute Gasteiger partial charge is 0.481 e. The molecule has 1 N–H and O–H groups in total. The number of rotatable bonds is 20. The van der Waals surface area contributed by atoms with Crippen LogP contribution in [-0.2, 0) is 33.6 Å². The zero-order chi connectivity index (χ0) is 22.1. The van der Waals surface area contributed by atoms with E-state index in [2.05, 4.69) is 0 Å². The third-order valence-electron chi connectivity index (χ3n) is 4.54. The van der Waals surface area contributed by atoms with Gasteiger partial charge in [-0.3, -0.25) is 33.6 Å². The predicted octanol–water partition coefficient (Wildman–Crippen LogP) is 2.58. The summed E-state index contributed by atoms with van der Waals surface area (Å²) in [4.78, 5) is 76.8. The number of carbonyl (C=O) groups excluding carboxylic acids is 6. The first-order valence-electron chi connectivity index (χ1n) is 10.2. The molecule has 29 heavy (non-hydrogen) atoms. The highest BCUT2D eigenvalue weighted by Crippen LogP contribution is 2.13. The number of unbranched alkanes of at least 4 members (excludes halogenated alkanes) is 11. The van der Waals surface area contributed by atoms with Crippen LogP contribution in [0.15, 0.2) is 0 Å². The van der Waals surface area contributed by atoms with Gasteiger partial charge in [0.15, 0.2) is 6.29 Å². The molecule has 0 bridgehead atoms. The molecule has 162 valence electrons. The second-order valence-electron chi connectivity index (χ2n) is 7.03. The fourth-order valence-corrected chi connectivity index (χ4v) is 2.84. The molecule has 0 aromatic heterocycles. The molecule has 8 heteroatoms. The Labute approximate surface area is 170 Å². The molecule has 0 aliphatic heterocycles. The minimum atomic E-state index is -1.77. The molecule has 0 spiro atoms. The smallest absolute Gasteiger partial charge is 0.303 e. The van der Waals surface area contributed by atoms with Gasteiger partial charge in [0, 0.05) is 12.8 Å². The average Bonchev–Trinajstić information content (AvgIpc) is 2.71. The monoisotopic (exact) mass is 410 g/mol. The molecule has 0 aliphatic rings. The van der Waals surface area contributed by atoms with Crippen molar-refractivity contribution in [1.82, 2.24) is 0 Å². The Morgan fingerprint density at radius 1 is 0.517 bits per heavy atom. The summed E-state index contributed by atoms with van der Waals surface area (Å²) in [5, 5.41) is 8.53. The molecule has 0 radical (unpaired) electrons. The van der Waals surface area contributed by atoms with Crippen molar-refractivity contribution in [2.45, 2.75) is 89.9 Å². The van der Waals surface area contributed by atoms with Gasteiger partial charge in [-0.1, -0.05) is 64.2 Å². The first-order chi connectivity index (χ1) is 13.8. The molecular weight excluding hydrogens is 380 g/mol. The maximum absolute atomic E-state index is 11.6. The van der Waals surface area contributed by atoms with E-state index in [1.54, 1.807) is 0 Å².